The summed E-state index contributed by atoms with van der Waals surface area (Å²) in [5.74, 6) is 2.19. The largest absolute Gasteiger partial charge is 0.467 e. The fraction of sp³-hybridized carbons (Fsp3) is 0.333. The van der Waals surface area contributed by atoms with Gasteiger partial charge in [0.25, 0.3) is 0 Å². The molecule has 7 nitrogen and oxygen atoms in total. The molecule has 1 aliphatic rings. The van der Waals surface area contributed by atoms with Crippen LogP contribution in [0.1, 0.15) is 11.5 Å². The van der Waals surface area contributed by atoms with Gasteiger partial charge in [0.1, 0.15) is 11.6 Å². The van der Waals surface area contributed by atoms with Crippen molar-refractivity contribution in [2.24, 2.45) is 0 Å². The van der Waals surface area contributed by atoms with Crippen molar-refractivity contribution >= 4 is 23.1 Å². The molecule has 0 saturated carbocycles. The van der Waals surface area contributed by atoms with E-state index in [4.69, 9.17) is 4.42 Å². The van der Waals surface area contributed by atoms with Crippen LogP contribution in [-0.2, 0) is 6.54 Å². The van der Waals surface area contributed by atoms with Gasteiger partial charge in [0.15, 0.2) is 0 Å². The smallest absolute Gasteiger partial charge is 0.225 e. The summed E-state index contributed by atoms with van der Waals surface area (Å²) in [4.78, 5) is 13.8. The fourth-order valence-corrected chi connectivity index (χ4v) is 3.26. The van der Waals surface area contributed by atoms with Crippen LogP contribution >= 0.6 is 0 Å². The third-order valence-electron chi connectivity index (χ3n) is 4.86. The number of benzene rings is 1. The van der Waals surface area contributed by atoms with E-state index in [1.165, 1.54) is 5.69 Å². The monoisotopic (exact) mass is 378 g/mol. The maximum absolute atomic E-state index is 5.34. The van der Waals surface area contributed by atoms with E-state index in [1.807, 2.05) is 25.1 Å². The van der Waals surface area contributed by atoms with Crippen LogP contribution in [0.3, 0.4) is 0 Å². The molecule has 1 aliphatic heterocycles. The molecule has 1 saturated heterocycles. The Balaban J connectivity index is 1.40. The van der Waals surface area contributed by atoms with Crippen molar-refractivity contribution in [3.05, 3.63) is 60.2 Å². The summed E-state index contributed by atoms with van der Waals surface area (Å²) in [6.07, 6.45) is 1.66. The number of rotatable bonds is 6. The van der Waals surface area contributed by atoms with Crippen LogP contribution < -0.4 is 15.5 Å². The van der Waals surface area contributed by atoms with E-state index in [9.17, 15) is 0 Å². The second kappa shape index (κ2) is 8.31. The third-order valence-corrected chi connectivity index (χ3v) is 4.86. The predicted octanol–water partition coefficient (Wildman–Crippen LogP) is 3.49. The molecule has 1 aromatic carbocycles. The van der Waals surface area contributed by atoms with Crippen molar-refractivity contribution in [2.45, 2.75) is 13.5 Å². The van der Waals surface area contributed by atoms with Crippen LogP contribution in [0.15, 0.2) is 53.1 Å². The molecule has 1 fully saturated rings. The second-order valence-corrected chi connectivity index (χ2v) is 7.11. The Kier molecular flexibility index (Phi) is 5.43. The van der Waals surface area contributed by atoms with Gasteiger partial charge in [0.2, 0.25) is 5.95 Å². The molecule has 2 aromatic heterocycles. The van der Waals surface area contributed by atoms with Gasteiger partial charge < -0.3 is 24.9 Å². The molecule has 0 spiro atoms. The van der Waals surface area contributed by atoms with E-state index < -0.39 is 0 Å². The minimum atomic E-state index is 0.551. The Morgan fingerprint density at radius 3 is 2.54 bits per heavy atom. The van der Waals surface area contributed by atoms with Gasteiger partial charge in [-0.1, -0.05) is 0 Å². The minimum Gasteiger partial charge on any atom is -0.467 e. The molecule has 4 rings (SSSR count). The maximum Gasteiger partial charge on any atom is 0.225 e. The Morgan fingerprint density at radius 2 is 1.82 bits per heavy atom. The fourth-order valence-electron chi connectivity index (χ4n) is 3.26. The number of nitrogens with zero attached hydrogens (tertiary/aromatic N) is 4. The van der Waals surface area contributed by atoms with E-state index >= 15 is 0 Å². The Bertz CT molecular complexity index is 886. The number of anilines is 4. The highest BCUT2D eigenvalue weighted by atomic mass is 16.3. The van der Waals surface area contributed by atoms with Gasteiger partial charge >= 0.3 is 0 Å². The number of nitrogens with one attached hydrogen (secondary N) is 2. The van der Waals surface area contributed by atoms with Crippen molar-refractivity contribution < 1.29 is 4.42 Å². The number of piperazine rings is 1. The van der Waals surface area contributed by atoms with Gasteiger partial charge in [0, 0.05) is 49.3 Å². The molecule has 0 bridgehead atoms. The molecule has 0 amide bonds. The summed E-state index contributed by atoms with van der Waals surface area (Å²) in [5, 5.41) is 6.58. The van der Waals surface area contributed by atoms with E-state index in [0.717, 1.165) is 49.1 Å². The zero-order valence-corrected chi connectivity index (χ0v) is 16.4. The molecule has 2 N–H and O–H groups in total. The molecule has 0 atom stereocenters. The average Bonchev–Trinajstić information content (AvgIpc) is 3.21. The second-order valence-electron chi connectivity index (χ2n) is 7.11. The standard InChI is InChI=1S/C21H26N6O/c1-16-14-20(25-21(23-16)22-15-19-4-3-13-28-19)24-17-5-7-18(8-6-17)27-11-9-26(2)10-12-27/h3-8,13-14H,9-12,15H2,1-2H3,(H2,22,23,24,25). The quantitative estimate of drug-likeness (QED) is 0.680. The minimum absolute atomic E-state index is 0.551. The van der Waals surface area contributed by atoms with Gasteiger partial charge in [-0.25, -0.2) is 4.98 Å². The van der Waals surface area contributed by atoms with Crippen molar-refractivity contribution in [3.8, 4) is 0 Å². The number of furan rings is 1. The summed E-state index contributed by atoms with van der Waals surface area (Å²) in [6, 6.07) is 14.3. The van der Waals surface area contributed by atoms with Crippen LogP contribution in [-0.4, -0.2) is 48.1 Å². The molecule has 7 heteroatoms. The average molecular weight is 378 g/mol. The summed E-state index contributed by atoms with van der Waals surface area (Å²) < 4.78 is 5.34. The van der Waals surface area contributed by atoms with E-state index in [-0.39, 0.29) is 0 Å². The molecular weight excluding hydrogens is 352 g/mol. The predicted molar refractivity (Wildman–Crippen MR) is 112 cm³/mol. The Morgan fingerprint density at radius 1 is 1.04 bits per heavy atom. The molecule has 146 valence electrons. The van der Waals surface area contributed by atoms with Gasteiger partial charge in [-0.2, -0.15) is 4.98 Å². The molecule has 3 heterocycles. The number of aromatic nitrogens is 2. The summed E-state index contributed by atoms with van der Waals surface area (Å²) >= 11 is 0. The normalized spacial score (nSPS) is 14.9. The molecule has 0 aliphatic carbocycles. The lowest BCUT2D eigenvalue weighted by molar-refractivity contribution is 0.313. The zero-order valence-electron chi connectivity index (χ0n) is 16.4. The Labute approximate surface area is 165 Å². The zero-order chi connectivity index (χ0) is 19.3. The first-order valence-corrected chi connectivity index (χ1v) is 9.58. The topological polar surface area (TPSA) is 69.5 Å². The first kappa shape index (κ1) is 18.3. The van der Waals surface area contributed by atoms with E-state index in [0.29, 0.717) is 12.5 Å². The van der Waals surface area contributed by atoms with Crippen molar-refractivity contribution in [1.29, 1.82) is 0 Å². The number of hydrogen-bond donors (Lipinski definition) is 2. The molecule has 0 radical (unpaired) electrons. The number of likely N-dealkylation sites (N-methyl/N-ethyl adjacent to an activating group) is 1. The van der Waals surface area contributed by atoms with E-state index in [2.05, 4.69) is 61.7 Å². The van der Waals surface area contributed by atoms with E-state index in [1.54, 1.807) is 6.26 Å². The lowest BCUT2D eigenvalue weighted by atomic mass is 10.2. The summed E-state index contributed by atoms with van der Waals surface area (Å²) in [5.41, 5.74) is 3.17. The SMILES string of the molecule is Cc1cc(Nc2ccc(N3CCN(C)CC3)cc2)nc(NCc2ccco2)n1. The molecular formula is C21H26N6O. The van der Waals surface area contributed by atoms with Crippen LogP contribution in [0, 0.1) is 6.92 Å². The molecule has 28 heavy (non-hydrogen) atoms. The van der Waals surface area contributed by atoms with Crippen molar-refractivity contribution in [3.63, 3.8) is 0 Å². The van der Waals surface area contributed by atoms with Gasteiger partial charge in [0.05, 0.1) is 12.8 Å². The van der Waals surface area contributed by atoms with Crippen molar-refractivity contribution in [1.82, 2.24) is 14.9 Å². The van der Waals surface area contributed by atoms with Crippen LogP contribution in [0.2, 0.25) is 0 Å². The lowest BCUT2D eigenvalue weighted by Crippen LogP contribution is -2.44. The third kappa shape index (κ3) is 4.61. The highest BCUT2D eigenvalue weighted by molar-refractivity contribution is 5.61. The van der Waals surface area contributed by atoms with Crippen LogP contribution in [0.25, 0.3) is 0 Å². The maximum atomic E-state index is 5.34. The van der Waals surface area contributed by atoms with Crippen molar-refractivity contribution in [2.75, 3.05) is 48.8 Å². The van der Waals surface area contributed by atoms with Gasteiger partial charge in [-0.15, -0.1) is 0 Å². The molecule has 3 aromatic rings. The van der Waals surface area contributed by atoms with Gasteiger partial charge in [-0.3, -0.25) is 0 Å². The highest BCUT2D eigenvalue weighted by Gasteiger charge is 2.14. The first-order chi connectivity index (χ1) is 13.7. The highest BCUT2D eigenvalue weighted by Crippen LogP contribution is 2.22. The lowest BCUT2D eigenvalue weighted by Gasteiger charge is -2.34. The summed E-state index contributed by atoms with van der Waals surface area (Å²) in [7, 11) is 2.17. The summed E-state index contributed by atoms with van der Waals surface area (Å²) in [6.45, 7) is 6.86. The van der Waals surface area contributed by atoms with Crippen LogP contribution in [0.4, 0.5) is 23.1 Å². The number of hydrogen-bond acceptors (Lipinski definition) is 7. The first-order valence-electron chi connectivity index (χ1n) is 9.58. The number of aryl methyl sites for hydroxylation is 1. The van der Waals surface area contributed by atoms with Gasteiger partial charge in [-0.05, 0) is 50.4 Å². The molecule has 0 unspecified atom stereocenters. The Hall–Kier alpha value is -3.06. The van der Waals surface area contributed by atoms with Crippen LogP contribution in [0.5, 0.6) is 0 Å².